The Morgan fingerprint density at radius 3 is 2.82 bits per heavy atom. The van der Waals surface area contributed by atoms with Crippen LogP contribution in [0.3, 0.4) is 0 Å². The Balaban J connectivity index is 2.60. The second-order valence-electron chi connectivity index (χ2n) is 3.35. The third-order valence-corrected chi connectivity index (χ3v) is 2.44. The van der Waals surface area contributed by atoms with Crippen molar-refractivity contribution in [1.29, 1.82) is 0 Å². The molecule has 1 rings (SSSR count). The summed E-state index contributed by atoms with van der Waals surface area (Å²) >= 11 is 5.86. The van der Waals surface area contributed by atoms with Crippen molar-refractivity contribution in [1.82, 2.24) is 5.32 Å². The first-order valence-electron chi connectivity index (χ1n) is 4.86. The Hall–Kier alpha value is -1.66. The number of benzene rings is 1. The number of non-ortho nitro benzene ring substituents is 1. The normalized spacial score (nSPS) is 10.2. The minimum Gasteiger partial charge on any atom is -0.481 e. The van der Waals surface area contributed by atoms with Crippen LogP contribution in [-0.2, 0) is 11.3 Å². The number of nitro groups is 1. The first-order chi connectivity index (χ1) is 8.00. The maximum absolute atomic E-state index is 10.5. The largest absolute Gasteiger partial charge is 0.481 e. The van der Waals surface area contributed by atoms with Gasteiger partial charge in [-0.2, -0.15) is 0 Å². The van der Waals surface area contributed by atoms with Crippen molar-refractivity contribution in [3.05, 3.63) is 38.9 Å². The molecule has 7 heteroatoms. The molecule has 0 aliphatic carbocycles. The van der Waals surface area contributed by atoms with Crippen LogP contribution in [-0.4, -0.2) is 22.5 Å². The van der Waals surface area contributed by atoms with Gasteiger partial charge in [-0.1, -0.05) is 11.6 Å². The molecule has 0 saturated carbocycles. The van der Waals surface area contributed by atoms with Gasteiger partial charge in [-0.05, 0) is 11.6 Å². The molecule has 0 bridgehead atoms. The average molecular weight is 259 g/mol. The molecule has 0 aliphatic rings. The van der Waals surface area contributed by atoms with E-state index in [2.05, 4.69) is 5.32 Å². The topological polar surface area (TPSA) is 92.5 Å². The molecule has 92 valence electrons. The van der Waals surface area contributed by atoms with Gasteiger partial charge in [-0.3, -0.25) is 14.9 Å². The van der Waals surface area contributed by atoms with Gasteiger partial charge in [0.2, 0.25) is 0 Å². The quantitative estimate of drug-likeness (QED) is 0.461. The third kappa shape index (κ3) is 4.38. The highest BCUT2D eigenvalue weighted by Crippen LogP contribution is 2.21. The lowest BCUT2D eigenvalue weighted by molar-refractivity contribution is -0.384. The van der Waals surface area contributed by atoms with Crippen LogP contribution in [0.15, 0.2) is 18.2 Å². The fourth-order valence-corrected chi connectivity index (χ4v) is 1.41. The standard InChI is InChI=1S/C10H11ClN2O4/c11-9-2-1-8(13(16)17)5-7(9)6-12-4-3-10(14)15/h1-2,5,12H,3-4,6H2,(H,14,15). The zero-order valence-electron chi connectivity index (χ0n) is 8.85. The molecule has 1 aromatic rings. The van der Waals surface area contributed by atoms with E-state index in [4.69, 9.17) is 16.7 Å². The lowest BCUT2D eigenvalue weighted by Gasteiger charge is -2.05. The summed E-state index contributed by atoms with van der Waals surface area (Å²) in [6.07, 6.45) is -0.00739. The predicted molar refractivity (Wildman–Crippen MR) is 62.1 cm³/mol. The van der Waals surface area contributed by atoms with E-state index < -0.39 is 10.9 Å². The molecule has 6 nitrogen and oxygen atoms in total. The lowest BCUT2D eigenvalue weighted by atomic mass is 10.2. The van der Waals surface area contributed by atoms with Gasteiger partial charge >= 0.3 is 5.97 Å². The van der Waals surface area contributed by atoms with Gasteiger partial charge < -0.3 is 10.4 Å². The fraction of sp³-hybridized carbons (Fsp3) is 0.300. The van der Waals surface area contributed by atoms with Gasteiger partial charge in [-0.15, -0.1) is 0 Å². The van der Waals surface area contributed by atoms with Gasteiger partial charge in [0.1, 0.15) is 0 Å². The molecule has 0 unspecified atom stereocenters. The molecular formula is C10H11ClN2O4. The van der Waals surface area contributed by atoms with Gasteiger partial charge in [0.15, 0.2) is 0 Å². The smallest absolute Gasteiger partial charge is 0.304 e. The molecule has 17 heavy (non-hydrogen) atoms. The number of nitro benzene ring substituents is 1. The molecule has 2 N–H and O–H groups in total. The molecular weight excluding hydrogens is 248 g/mol. The van der Waals surface area contributed by atoms with Gasteiger partial charge in [0, 0.05) is 30.2 Å². The fourth-order valence-electron chi connectivity index (χ4n) is 1.23. The van der Waals surface area contributed by atoms with Crippen LogP contribution in [0.25, 0.3) is 0 Å². The van der Waals surface area contributed by atoms with Crippen molar-refractivity contribution < 1.29 is 14.8 Å². The molecule has 0 amide bonds. The van der Waals surface area contributed by atoms with E-state index in [1.54, 1.807) is 0 Å². The Kier molecular flexibility index (Phi) is 4.86. The number of nitrogens with zero attached hydrogens (tertiary/aromatic N) is 1. The van der Waals surface area contributed by atoms with E-state index in [-0.39, 0.29) is 18.7 Å². The number of carboxylic acids is 1. The molecule has 0 aliphatic heterocycles. The molecule has 0 aromatic heterocycles. The predicted octanol–water partition coefficient (Wildman–Crippen LogP) is 1.81. The Bertz CT molecular complexity index is 436. The molecule has 0 radical (unpaired) electrons. The number of carboxylic acid groups (broad SMARTS) is 1. The summed E-state index contributed by atoms with van der Waals surface area (Å²) in [6, 6.07) is 4.15. The van der Waals surface area contributed by atoms with Crippen molar-refractivity contribution in [2.75, 3.05) is 6.54 Å². The summed E-state index contributed by atoms with van der Waals surface area (Å²) in [5.41, 5.74) is 0.538. The van der Waals surface area contributed by atoms with Crippen LogP contribution in [0.2, 0.25) is 5.02 Å². The molecule has 0 spiro atoms. The summed E-state index contributed by atoms with van der Waals surface area (Å²) in [7, 11) is 0. The van der Waals surface area contributed by atoms with E-state index in [1.807, 2.05) is 0 Å². The monoisotopic (exact) mass is 258 g/mol. The SMILES string of the molecule is O=C(O)CCNCc1cc([N+](=O)[O-])ccc1Cl. The Morgan fingerprint density at radius 1 is 1.53 bits per heavy atom. The summed E-state index contributed by atoms with van der Waals surface area (Å²) in [5, 5.41) is 22.2. The lowest BCUT2D eigenvalue weighted by Crippen LogP contribution is -2.17. The van der Waals surface area contributed by atoms with E-state index in [0.717, 1.165) is 0 Å². The number of halogens is 1. The first-order valence-corrected chi connectivity index (χ1v) is 5.24. The van der Waals surface area contributed by atoms with Crippen LogP contribution in [0.5, 0.6) is 0 Å². The second kappa shape index (κ2) is 6.17. The number of hydrogen-bond acceptors (Lipinski definition) is 4. The third-order valence-electron chi connectivity index (χ3n) is 2.07. The highest BCUT2D eigenvalue weighted by molar-refractivity contribution is 6.31. The van der Waals surface area contributed by atoms with Crippen molar-refractivity contribution in [3.8, 4) is 0 Å². The highest BCUT2D eigenvalue weighted by atomic mass is 35.5. The minimum atomic E-state index is -0.900. The zero-order valence-corrected chi connectivity index (χ0v) is 9.61. The van der Waals surface area contributed by atoms with Crippen LogP contribution < -0.4 is 5.32 Å². The molecule has 0 fully saturated rings. The van der Waals surface area contributed by atoms with Gasteiger partial charge in [0.25, 0.3) is 5.69 Å². The Labute approximate surface area is 102 Å². The van der Waals surface area contributed by atoms with Crippen LogP contribution >= 0.6 is 11.6 Å². The van der Waals surface area contributed by atoms with Crippen molar-refractivity contribution in [2.45, 2.75) is 13.0 Å². The van der Waals surface area contributed by atoms with E-state index in [0.29, 0.717) is 17.1 Å². The molecule has 0 atom stereocenters. The van der Waals surface area contributed by atoms with Crippen molar-refractivity contribution in [3.63, 3.8) is 0 Å². The number of nitrogens with one attached hydrogen (secondary N) is 1. The first kappa shape index (κ1) is 13.4. The average Bonchev–Trinajstić information content (AvgIpc) is 2.25. The van der Waals surface area contributed by atoms with E-state index >= 15 is 0 Å². The number of hydrogen-bond donors (Lipinski definition) is 2. The molecule has 0 heterocycles. The molecule has 1 aromatic carbocycles. The van der Waals surface area contributed by atoms with Crippen LogP contribution in [0, 0.1) is 10.1 Å². The number of rotatable bonds is 6. The van der Waals surface area contributed by atoms with E-state index in [1.165, 1.54) is 18.2 Å². The molecule has 0 saturated heterocycles. The highest BCUT2D eigenvalue weighted by Gasteiger charge is 2.09. The van der Waals surface area contributed by atoms with Crippen molar-refractivity contribution >= 4 is 23.3 Å². The summed E-state index contributed by atoms with van der Waals surface area (Å²) < 4.78 is 0. The summed E-state index contributed by atoms with van der Waals surface area (Å²) in [5.74, 6) is -0.900. The summed E-state index contributed by atoms with van der Waals surface area (Å²) in [6.45, 7) is 0.585. The number of aliphatic carboxylic acids is 1. The maximum Gasteiger partial charge on any atom is 0.304 e. The summed E-state index contributed by atoms with van der Waals surface area (Å²) in [4.78, 5) is 20.3. The van der Waals surface area contributed by atoms with Crippen molar-refractivity contribution in [2.24, 2.45) is 0 Å². The minimum absolute atomic E-state index is 0.00739. The zero-order chi connectivity index (χ0) is 12.8. The van der Waals surface area contributed by atoms with Crippen LogP contribution in [0.1, 0.15) is 12.0 Å². The maximum atomic E-state index is 10.5. The Morgan fingerprint density at radius 2 is 2.24 bits per heavy atom. The number of carbonyl (C=O) groups is 1. The van der Waals surface area contributed by atoms with Crippen LogP contribution in [0.4, 0.5) is 5.69 Å². The van der Waals surface area contributed by atoms with Gasteiger partial charge in [0.05, 0.1) is 11.3 Å². The van der Waals surface area contributed by atoms with Gasteiger partial charge in [-0.25, -0.2) is 0 Å². The second-order valence-corrected chi connectivity index (χ2v) is 3.76. The van der Waals surface area contributed by atoms with E-state index in [9.17, 15) is 14.9 Å².